The Balaban J connectivity index is 2.11. The molecule has 6 heteroatoms. The third-order valence-electron chi connectivity index (χ3n) is 4.19. The van der Waals surface area contributed by atoms with E-state index in [0.717, 1.165) is 5.56 Å². The predicted molar refractivity (Wildman–Crippen MR) is 83.5 cm³/mol. The van der Waals surface area contributed by atoms with Crippen LogP contribution in [0.5, 0.6) is 11.5 Å². The molecule has 0 bridgehead atoms. The largest absolute Gasteiger partial charge is 0.497 e. The lowest BCUT2D eigenvalue weighted by atomic mass is 9.92. The number of methoxy groups -OCH3 is 1. The summed E-state index contributed by atoms with van der Waals surface area (Å²) in [5, 5.41) is 0. The molecule has 1 saturated heterocycles. The number of aldehydes is 1. The van der Waals surface area contributed by atoms with Crippen LogP contribution >= 0.6 is 0 Å². The quantitative estimate of drug-likeness (QED) is 0.780. The minimum Gasteiger partial charge on any atom is -0.497 e. The Hall–Kier alpha value is -2.18. The van der Waals surface area contributed by atoms with Gasteiger partial charge in [-0.05, 0) is 25.1 Å². The van der Waals surface area contributed by atoms with Crippen molar-refractivity contribution in [3.8, 4) is 11.5 Å². The van der Waals surface area contributed by atoms with Crippen LogP contribution < -0.4 is 9.47 Å². The van der Waals surface area contributed by atoms with Crippen LogP contribution in [0.1, 0.15) is 12.5 Å². The van der Waals surface area contributed by atoms with Gasteiger partial charge in [0.25, 0.3) is 0 Å². The topological polar surface area (TPSA) is 65.1 Å². The first-order chi connectivity index (χ1) is 11.1. The zero-order chi connectivity index (χ0) is 16.4. The fourth-order valence-corrected chi connectivity index (χ4v) is 2.98. The van der Waals surface area contributed by atoms with Gasteiger partial charge in [0.1, 0.15) is 11.5 Å². The fourth-order valence-electron chi connectivity index (χ4n) is 2.98. The maximum absolute atomic E-state index is 12.2. The van der Waals surface area contributed by atoms with E-state index in [-0.39, 0.29) is 5.78 Å². The van der Waals surface area contributed by atoms with Crippen molar-refractivity contribution in [3.05, 3.63) is 29.3 Å². The van der Waals surface area contributed by atoms with Gasteiger partial charge in [0.2, 0.25) is 5.72 Å². The van der Waals surface area contributed by atoms with Crippen LogP contribution in [0.15, 0.2) is 23.8 Å². The maximum atomic E-state index is 12.2. The summed E-state index contributed by atoms with van der Waals surface area (Å²) in [6.07, 6.45) is 2.43. The minimum atomic E-state index is -1.41. The molecule has 3 rings (SSSR count). The molecule has 0 aliphatic carbocycles. The van der Waals surface area contributed by atoms with Crippen LogP contribution in [0.4, 0.5) is 0 Å². The number of ether oxygens (including phenoxy) is 3. The van der Waals surface area contributed by atoms with Gasteiger partial charge >= 0.3 is 0 Å². The summed E-state index contributed by atoms with van der Waals surface area (Å²) in [5.41, 5.74) is -0.316. The van der Waals surface area contributed by atoms with Crippen LogP contribution in [0, 0.1) is 0 Å². The number of rotatable bonds is 4. The Morgan fingerprint density at radius 3 is 2.70 bits per heavy atom. The van der Waals surface area contributed by atoms with Crippen LogP contribution in [0.2, 0.25) is 0 Å². The van der Waals surface area contributed by atoms with Crippen molar-refractivity contribution in [1.29, 1.82) is 0 Å². The highest BCUT2D eigenvalue weighted by atomic mass is 16.5. The number of morpholine rings is 1. The van der Waals surface area contributed by atoms with Crippen molar-refractivity contribution in [2.45, 2.75) is 12.6 Å². The first-order valence-electron chi connectivity index (χ1n) is 7.50. The van der Waals surface area contributed by atoms with Crippen molar-refractivity contribution in [1.82, 2.24) is 4.90 Å². The van der Waals surface area contributed by atoms with Gasteiger partial charge in [0.15, 0.2) is 12.1 Å². The molecule has 1 aromatic carbocycles. The first-order valence-corrected chi connectivity index (χ1v) is 7.50. The van der Waals surface area contributed by atoms with Crippen molar-refractivity contribution < 1.29 is 23.8 Å². The highest BCUT2D eigenvalue weighted by Gasteiger charge is 2.47. The van der Waals surface area contributed by atoms with Gasteiger partial charge in [-0.15, -0.1) is 0 Å². The van der Waals surface area contributed by atoms with Crippen molar-refractivity contribution >= 4 is 18.1 Å². The van der Waals surface area contributed by atoms with E-state index < -0.39 is 5.72 Å². The number of ketones is 1. The molecule has 0 aromatic heterocycles. The molecule has 1 unspecified atom stereocenters. The second-order valence-corrected chi connectivity index (χ2v) is 5.53. The van der Waals surface area contributed by atoms with Crippen molar-refractivity contribution in [3.63, 3.8) is 0 Å². The number of fused-ring (bicyclic) bond motifs is 1. The van der Waals surface area contributed by atoms with Crippen LogP contribution in [0.3, 0.4) is 0 Å². The molecule has 0 spiro atoms. The van der Waals surface area contributed by atoms with Gasteiger partial charge in [0, 0.05) is 24.7 Å². The predicted octanol–water partition coefficient (Wildman–Crippen LogP) is 1.29. The summed E-state index contributed by atoms with van der Waals surface area (Å²) in [7, 11) is 1.57. The molecule has 0 N–H and O–H groups in total. The number of hydrogen-bond acceptors (Lipinski definition) is 6. The van der Waals surface area contributed by atoms with Crippen LogP contribution in [0.25, 0.3) is 6.08 Å². The standard InChI is InChI=1S/C17H19NO5/c1-12(20)15-9-13-3-4-14(21-2)10-16(13)23-17(15,11-19)18-5-7-22-8-6-18/h3-4,9-11H,5-8H2,1-2H3. The second-order valence-electron chi connectivity index (χ2n) is 5.53. The molecule has 0 amide bonds. The summed E-state index contributed by atoms with van der Waals surface area (Å²) in [5.74, 6) is 0.961. The monoisotopic (exact) mass is 317 g/mol. The molecule has 6 nitrogen and oxygen atoms in total. The molecule has 2 heterocycles. The van der Waals surface area contributed by atoms with Crippen molar-refractivity contribution in [2.75, 3.05) is 33.4 Å². The molecule has 1 aromatic rings. The molecule has 1 fully saturated rings. The van der Waals surface area contributed by atoms with Gasteiger partial charge in [-0.1, -0.05) is 0 Å². The molecule has 2 aliphatic rings. The molecule has 0 radical (unpaired) electrons. The zero-order valence-electron chi connectivity index (χ0n) is 13.2. The highest BCUT2D eigenvalue weighted by Crippen LogP contribution is 2.39. The molecule has 0 saturated carbocycles. The second kappa shape index (κ2) is 6.14. The van der Waals surface area contributed by atoms with E-state index in [1.54, 1.807) is 25.3 Å². The summed E-state index contributed by atoms with van der Waals surface area (Å²) in [6, 6.07) is 5.33. The number of carbonyl (C=O) groups excluding carboxylic acids is 2. The average molecular weight is 317 g/mol. The van der Waals surface area contributed by atoms with Crippen molar-refractivity contribution in [2.24, 2.45) is 0 Å². The summed E-state index contributed by atoms with van der Waals surface area (Å²) in [6.45, 7) is 3.47. The smallest absolute Gasteiger partial charge is 0.249 e. The van der Waals surface area contributed by atoms with E-state index in [9.17, 15) is 9.59 Å². The van der Waals surface area contributed by atoms with Gasteiger partial charge in [-0.3, -0.25) is 14.5 Å². The number of carbonyl (C=O) groups is 2. The normalized spacial score (nSPS) is 24.2. The SMILES string of the molecule is COc1ccc2c(c1)OC(C=O)(N1CCOCC1)C(C(C)=O)=C2. The highest BCUT2D eigenvalue weighted by molar-refractivity contribution is 6.05. The van der Waals surface area contributed by atoms with E-state index in [1.165, 1.54) is 6.92 Å². The lowest BCUT2D eigenvalue weighted by molar-refractivity contribution is -0.145. The third-order valence-corrected chi connectivity index (χ3v) is 4.19. The Morgan fingerprint density at radius 2 is 2.09 bits per heavy atom. The first kappa shape index (κ1) is 15.7. The van der Waals surface area contributed by atoms with Gasteiger partial charge in [-0.2, -0.15) is 0 Å². The zero-order valence-corrected chi connectivity index (χ0v) is 13.2. The van der Waals surface area contributed by atoms with E-state index in [4.69, 9.17) is 14.2 Å². The average Bonchev–Trinajstić information content (AvgIpc) is 2.60. The Bertz CT molecular complexity index is 663. The lowest BCUT2D eigenvalue weighted by Gasteiger charge is -2.44. The Morgan fingerprint density at radius 1 is 1.35 bits per heavy atom. The number of Topliss-reactive ketones (excluding diaryl/α,β-unsaturated/α-hetero) is 1. The fraction of sp³-hybridized carbons (Fsp3) is 0.412. The summed E-state index contributed by atoms with van der Waals surface area (Å²) >= 11 is 0. The lowest BCUT2D eigenvalue weighted by Crippen LogP contribution is -2.61. The Kier molecular flexibility index (Phi) is 4.19. The molecule has 2 aliphatic heterocycles. The third kappa shape index (κ3) is 2.64. The van der Waals surface area contributed by atoms with E-state index in [1.807, 2.05) is 11.0 Å². The molecule has 1 atom stereocenters. The number of benzene rings is 1. The summed E-state index contributed by atoms with van der Waals surface area (Å²) in [4.78, 5) is 26.0. The van der Waals surface area contributed by atoms with E-state index >= 15 is 0 Å². The summed E-state index contributed by atoms with van der Waals surface area (Å²) < 4.78 is 16.6. The molecular weight excluding hydrogens is 298 g/mol. The molecular formula is C17H19NO5. The van der Waals surface area contributed by atoms with E-state index in [2.05, 4.69) is 0 Å². The number of nitrogens with zero attached hydrogens (tertiary/aromatic N) is 1. The van der Waals surface area contributed by atoms with Crippen LogP contribution in [-0.2, 0) is 14.3 Å². The number of hydrogen-bond donors (Lipinski definition) is 0. The minimum absolute atomic E-state index is 0.190. The Labute approximate surface area is 134 Å². The molecule has 23 heavy (non-hydrogen) atoms. The van der Waals surface area contributed by atoms with Gasteiger partial charge < -0.3 is 14.2 Å². The van der Waals surface area contributed by atoms with Gasteiger partial charge in [0.05, 0.1) is 25.9 Å². The maximum Gasteiger partial charge on any atom is 0.249 e. The van der Waals surface area contributed by atoms with E-state index in [0.29, 0.717) is 49.7 Å². The molecule has 122 valence electrons. The van der Waals surface area contributed by atoms with Crippen LogP contribution in [-0.4, -0.2) is 56.1 Å². The van der Waals surface area contributed by atoms with Gasteiger partial charge in [-0.25, -0.2) is 0 Å².